The summed E-state index contributed by atoms with van der Waals surface area (Å²) in [6, 6.07) is 14.6. The summed E-state index contributed by atoms with van der Waals surface area (Å²) in [6.07, 6.45) is 0. The Kier molecular flexibility index (Phi) is 5.74. The van der Waals surface area contributed by atoms with Crippen LogP contribution in [-0.2, 0) is 5.75 Å². The molecule has 0 radical (unpaired) electrons. The summed E-state index contributed by atoms with van der Waals surface area (Å²) in [6.45, 7) is 0. The number of amides is 1. The summed E-state index contributed by atoms with van der Waals surface area (Å²) in [7, 11) is 0. The van der Waals surface area contributed by atoms with Crippen molar-refractivity contribution in [2.45, 2.75) is 10.6 Å². The van der Waals surface area contributed by atoms with Crippen LogP contribution in [-0.4, -0.2) is 10.9 Å². The molecule has 3 rings (SSSR count). The van der Waals surface area contributed by atoms with Crippen LogP contribution in [0.15, 0.2) is 64.3 Å². The number of hydrogen-bond donors (Lipinski definition) is 2. The highest BCUT2D eigenvalue weighted by Gasteiger charge is 2.06. The Morgan fingerprint density at radius 2 is 2.04 bits per heavy atom. The van der Waals surface area contributed by atoms with Crippen molar-refractivity contribution in [3.8, 4) is 0 Å². The summed E-state index contributed by atoms with van der Waals surface area (Å²) in [5.41, 5.74) is 9.71. The molecule has 0 aliphatic carbocycles. The molecule has 0 aliphatic rings. The molecule has 1 amide bonds. The highest BCUT2D eigenvalue weighted by Crippen LogP contribution is 2.23. The lowest BCUT2D eigenvalue weighted by atomic mass is 10.2. The first-order valence-corrected chi connectivity index (χ1v) is 9.43. The number of thiazole rings is 1. The van der Waals surface area contributed by atoms with Gasteiger partial charge in [0.1, 0.15) is 0 Å². The number of halogens is 1. The Labute approximate surface area is 153 Å². The largest absolute Gasteiger partial charge is 0.298 e. The molecular formula is C17H14ClN3OS2. The fourth-order valence-corrected chi connectivity index (χ4v) is 3.59. The fraction of sp³-hybridized carbons (Fsp3) is 0.0588. The predicted molar refractivity (Wildman–Crippen MR) is 101 cm³/mol. The van der Waals surface area contributed by atoms with E-state index in [-0.39, 0.29) is 5.91 Å². The van der Waals surface area contributed by atoms with E-state index in [1.54, 1.807) is 47.4 Å². The molecule has 0 unspecified atom stereocenters. The van der Waals surface area contributed by atoms with E-state index in [9.17, 15) is 4.79 Å². The van der Waals surface area contributed by atoms with Crippen molar-refractivity contribution in [3.05, 3.63) is 75.7 Å². The topological polar surface area (TPSA) is 54.0 Å². The molecule has 0 bridgehead atoms. The smallest absolute Gasteiger partial charge is 0.269 e. The van der Waals surface area contributed by atoms with E-state index in [0.717, 1.165) is 22.0 Å². The number of hydrogen-bond acceptors (Lipinski definition) is 5. The Balaban J connectivity index is 1.53. The van der Waals surface area contributed by atoms with E-state index in [4.69, 9.17) is 11.6 Å². The third kappa shape index (κ3) is 4.74. The second kappa shape index (κ2) is 8.19. The summed E-state index contributed by atoms with van der Waals surface area (Å²) in [5, 5.41) is 2.65. The van der Waals surface area contributed by atoms with Crippen LogP contribution in [0.25, 0.3) is 0 Å². The monoisotopic (exact) mass is 375 g/mol. The minimum Gasteiger partial charge on any atom is -0.298 e. The van der Waals surface area contributed by atoms with Crippen LogP contribution in [0.1, 0.15) is 16.1 Å². The Bertz CT molecular complexity index is 807. The van der Waals surface area contributed by atoms with Crippen LogP contribution < -0.4 is 10.9 Å². The molecule has 0 saturated carbocycles. The summed E-state index contributed by atoms with van der Waals surface area (Å²) >= 11 is 9.19. The zero-order valence-electron chi connectivity index (χ0n) is 12.5. The van der Waals surface area contributed by atoms with Gasteiger partial charge in [-0.25, -0.2) is 4.98 Å². The molecule has 0 spiro atoms. The van der Waals surface area contributed by atoms with Gasteiger partial charge in [-0.05, 0) is 42.5 Å². The molecule has 2 aromatic carbocycles. The van der Waals surface area contributed by atoms with E-state index in [1.807, 2.05) is 35.2 Å². The number of rotatable bonds is 6. The quantitative estimate of drug-likeness (QED) is 0.478. The molecule has 0 fully saturated rings. The molecule has 0 saturated heterocycles. The fourth-order valence-electron chi connectivity index (χ4n) is 1.94. The number of hydrazine groups is 1. The number of anilines is 1. The Morgan fingerprint density at radius 3 is 2.75 bits per heavy atom. The Hall–Kier alpha value is -2.02. The molecule has 3 aromatic rings. The predicted octanol–water partition coefficient (Wildman–Crippen LogP) is 4.85. The van der Waals surface area contributed by atoms with E-state index < -0.39 is 0 Å². The number of benzene rings is 2. The number of thioether (sulfide) groups is 1. The lowest BCUT2D eigenvalue weighted by Crippen LogP contribution is -2.29. The SMILES string of the molecule is O=C(NNc1cccc(Cl)c1)c1ccc(SCc2cscn2)cc1. The molecule has 0 atom stereocenters. The van der Waals surface area contributed by atoms with Crippen molar-refractivity contribution in [2.24, 2.45) is 0 Å². The summed E-state index contributed by atoms with van der Waals surface area (Å²) < 4.78 is 0. The van der Waals surface area contributed by atoms with Crippen molar-refractivity contribution in [3.63, 3.8) is 0 Å². The number of aromatic nitrogens is 1. The van der Waals surface area contributed by atoms with Crippen molar-refractivity contribution in [2.75, 3.05) is 5.43 Å². The average molecular weight is 376 g/mol. The van der Waals surface area contributed by atoms with Gasteiger partial charge in [0.25, 0.3) is 5.91 Å². The zero-order chi connectivity index (χ0) is 16.8. The van der Waals surface area contributed by atoms with Gasteiger partial charge in [-0.1, -0.05) is 17.7 Å². The first-order chi connectivity index (χ1) is 11.7. The lowest BCUT2D eigenvalue weighted by molar-refractivity contribution is 0.0962. The molecular weight excluding hydrogens is 362 g/mol. The van der Waals surface area contributed by atoms with Crippen LogP contribution in [0.5, 0.6) is 0 Å². The van der Waals surface area contributed by atoms with Crippen molar-refractivity contribution in [1.29, 1.82) is 0 Å². The van der Waals surface area contributed by atoms with Gasteiger partial charge in [0.2, 0.25) is 0 Å². The number of carbonyl (C=O) groups excluding carboxylic acids is 1. The van der Waals surface area contributed by atoms with Gasteiger partial charge in [-0.2, -0.15) is 0 Å². The van der Waals surface area contributed by atoms with Crippen molar-refractivity contribution in [1.82, 2.24) is 10.4 Å². The molecule has 4 nitrogen and oxygen atoms in total. The van der Waals surface area contributed by atoms with Crippen LogP contribution in [0.3, 0.4) is 0 Å². The van der Waals surface area contributed by atoms with Gasteiger partial charge < -0.3 is 0 Å². The first-order valence-electron chi connectivity index (χ1n) is 7.12. The normalized spacial score (nSPS) is 10.4. The minimum absolute atomic E-state index is 0.203. The van der Waals surface area contributed by atoms with Crippen LogP contribution in [0.2, 0.25) is 5.02 Å². The van der Waals surface area contributed by atoms with Gasteiger partial charge in [-0.15, -0.1) is 23.1 Å². The third-order valence-corrected chi connectivity index (χ3v) is 5.05. The third-order valence-electron chi connectivity index (χ3n) is 3.13. The van der Waals surface area contributed by atoms with E-state index in [2.05, 4.69) is 15.8 Å². The van der Waals surface area contributed by atoms with Crippen LogP contribution >= 0.6 is 34.7 Å². The molecule has 122 valence electrons. The standard InChI is InChI=1S/C17H14ClN3OS2/c18-13-2-1-3-14(8-13)20-21-17(22)12-4-6-16(7-5-12)24-10-15-9-23-11-19-15/h1-9,11,20H,10H2,(H,21,22). The molecule has 1 heterocycles. The van der Waals surface area contributed by atoms with Gasteiger partial charge >= 0.3 is 0 Å². The summed E-state index contributed by atoms with van der Waals surface area (Å²) in [5.74, 6) is 0.622. The van der Waals surface area contributed by atoms with E-state index in [0.29, 0.717) is 10.6 Å². The first kappa shape index (κ1) is 16.8. The van der Waals surface area contributed by atoms with Crippen LogP contribution in [0, 0.1) is 0 Å². The van der Waals surface area contributed by atoms with Gasteiger partial charge in [0, 0.05) is 26.6 Å². The highest BCUT2D eigenvalue weighted by molar-refractivity contribution is 7.98. The molecule has 24 heavy (non-hydrogen) atoms. The molecule has 1 aromatic heterocycles. The molecule has 7 heteroatoms. The van der Waals surface area contributed by atoms with Gasteiger partial charge in [0.05, 0.1) is 16.9 Å². The summed E-state index contributed by atoms with van der Waals surface area (Å²) in [4.78, 5) is 17.5. The second-order valence-corrected chi connectivity index (χ2v) is 7.09. The van der Waals surface area contributed by atoms with E-state index >= 15 is 0 Å². The Morgan fingerprint density at radius 1 is 1.21 bits per heavy atom. The second-order valence-electron chi connectivity index (χ2n) is 4.88. The van der Waals surface area contributed by atoms with Crippen molar-refractivity contribution >= 4 is 46.3 Å². The maximum absolute atomic E-state index is 12.1. The number of carbonyl (C=O) groups is 1. The van der Waals surface area contributed by atoms with Crippen molar-refractivity contribution < 1.29 is 4.79 Å². The number of nitrogens with one attached hydrogen (secondary N) is 2. The van der Waals surface area contributed by atoms with Gasteiger partial charge in [0.15, 0.2) is 0 Å². The number of nitrogens with zero attached hydrogens (tertiary/aromatic N) is 1. The highest BCUT2D eigenvalue weighted by atomic mass is 35.5. The zero-order valence-corrected chi connectivity index (χ0v) is 14.9. The molecule has 2 N–H and O–H groups in total. The van der Waals surface area contributed by atoms with E-state index in [1.165, 1.54) is 0 Å². The molecule has 0 aliphatic heterocycles. The van der Waals surface area contributed by atoms with Gasteiger partial charge in [-0.3, -0.25) is 15.6 Å². The lowest BCUT2D eigenvalue weighted by Gasteiger charge is -2.09. The average Bonchev–Trinajstić information content (AvgIpc) is 3.12. The minimum atomic E-state index is -0.203. The van der Waals surface area contributed by atoms with Crippen LogP contribution in [0.4, 0.5) is 5.69 Å². The maximum atomic E-state index is 12.1. The maximum Gasteiger partial charge on any atom is 0.269 e.